The van der Waals surface area contributed by atoms with E-state index in [1.807, 2.05) is 48.5 Å². The van der Waals surface area contributed by atoms with Crippen LogP contribution in [0.25, 0.3) is 11.0 Å². The minimum atomic E-state index is -0.517. The molecule has 2 aromatic carbocycles. The fourth-order valence-corrected chi connectivity index (χ4v) is 2.83. The monoisotopic (exact) mass is 390 g/mol. The van der Waals surface area contributed by atoms with Gasteiger partial charge in [-0.15, -0.1) is 0 Å². The molecule has 0 bridgehead atoms. The van der Waals surface area contributed by atoms with Gasteiger partial charge in [0.2, 0.25) is 5.95 Å². The number of hydrogen-bond donors (Lipinski definition) is 4. The second kappa shape index (κ2) is 7.85. The number of carbonyl (C=O) groups is 2. The molecule has 4 aromatic rings. The fraction of sp³-hybridized carbons (Fsp3) is 0.100. The number of imidazole rings is 2. The van der Waals surface area contributed by atoms with Gasteiger partial charge in [0.15, 0.2) is 5.69 Å². The fourth-order valence-electron chi connectivity index (χ4n) is 2.83. The molecule has 0 radical (unpaired) electrons. The molecule has 9 nitrogen and oxygen atoms in total. The molecule has 4 N–H and O–H groups in total. The minimum absolute atomic E-state index is 0.00660. The molecule has 0 aliphatic rings. The van der Waals surface area contributed by atoms with Crippen LogP contribution in [-0.4, -0.2) is 38.9 Å². The standard InChI is InChI=1S/C20H18N6O3/c1-29-13-8-6-12(7-9-13)10-21-18(27)16-17(23-11-22-16)19(28)26-20-24-14-4-2-3-5-15(14)25-20/h2-9,11H,10H2,1H3,(H,21,27)(H,22,23)(H2,24,25,26,28). The molecule has 4 rings (SSSR count). The van der Waals surface area contributed by atoms with Crippen LogP contribution in [0.3, 0.4) is 0 Å². The lowest BCUT2D eigenvalue weighted by Gasteiger charge is -2.06. The molecule has 29 heavy (non-hydrogen) atoms. The van der Waals surface area contributed by atoms with Crippen molar-refractivity contribution in [1.29, 1.82) is 0 Å². The number of rotatable bonds is 6. The van der Waals surface area contributed by atoms with E-state index in [2.05, 4.69) is 30.6 Å². The molecule has 0 saturated carbocycles. The number of hydrogen-bond acceptors (Lipinski definition) is 5. The van der Waals surface area contributed by atoms with Crippen molar-refractivity contribution in [2.75, 3.05) is 12.4 Å². The Morgan fingerprint density at radius 3 is 2.62 bits per heavy atom. The first-order valence-corrected chi connectivity index (χ1v) is 8.84. The number of aromatic amines is 2. The maximum absolute atomic E-state index is 12.6. The highest BCUT2D eigenvalue weighted by Gasteiger charge is 2.21. The average molecular weight is 390 g/mol. The van der Waals surface area contributed by atoms with Crippen molar-refractivity contribution in [1.82, 2.24) is 25.3 Å². The summed E-state index contributed by atoms with van der Waals surface area (Å²) in [5.41, 5.74) is 2.47. The Balaban J connectivity index is 1.43. The normalized spacial score (nSPS) is 10.7. The van der Waals surface area contributed by atoms with Gasteiger partial charge in [0.25, 0.3) is 11.8 Å². The maximum atomic E-state index is 12.6. The number of anilines is 1. The number of ether oxygens (including phenoxy) is 1. The summed E-state index contributed by atoms with van der Waals surface area (Å²) in [5, 5.41) is 5.40. The van der Waals surface area contributed by atoms with Gasteiger partial charge in [-0.05, 0) is 29.8 Å². The lowest BCUT2D eigenvalue weighted by molar-refractivity contribution is 0.0933. The number of fused-ring (bicyclic) bond motifs is 1. The average Bonchev–Trinajstić information content (AvgIpc) is 3.39. The van der Waals surface area contributed by atoms with Gasteiger partial charge >= 0.3 is 0 Å². The molecule has 0 aliphatic heterocycles. The number of aromatic nitrogens is 4. The number of nitrogens with one attached hydrogen (secondary N) is 4. The zero-order chi connectivity index (χ0) is 20.2. The lowest BCUT2D eigenvalue weighted by Crippen LogP contribution is -2.26. The third-order valence-corrected chi connectivity index (χ3v) is 4.31. The van der Waals surface area contributed by atoms with E-state index in [0.29, 0.717) is 6.54 Å². The highest BCUT2D eigenvalue weighted by Crippen LogP contribution is 2.15. The number of para-hydroxylation sites is 2. The summed E-state index contributed by atoms with van der Waals surface area (Å²) in [6.07, 6.45) is 1.30. The second-order valence-electron chi connectivity index (χ2n) is 6.21. The number of methoxy groups -OCH3 is 1. The molecule has 2 aromatic heterocycles. The van der Waals surface area contributed by atoms with Gasteiger partial charge in [0.1, 0.15) is 11.4 Å². The van der Waals surface area contributed by atoms with Gasteiger partial charge in [0.05, 0.1) is 24.5 Å². The Bertz CT molecular complexity index is 1130. The van der Waals surface area contributed by atoms with E-state index in [1.165, 1.54) is 6.33 Å². The molecular weight excluding hydrogens is 372 g/mol. The van der Waals surface area contributed by atoms with Gasteiger partial charge in [-0.25, -0.2) is 9.97 Å². The predicted octanol–water partition coefficient (Wildman–Crippen LogP) is 2.48. The van der Waals surface area contributed by atoms with E-state index in [0.717, 1.165) is 22.3 Å². The van der Waals surface area contributed by atoms with Crippen LogP contribution in [0.1, 0.15) is 26.5 Å². The number of carbonyl (C=O) groups excluding carboxylic acids is 2. The van der Waals surface area contributed by atoms with Crippen LogP contribution in [0.5, 0.6) is 5.75 Å². The predicted molar refractivity (Wildman–Crippen MR) is 107 cm³/mol. The van der Waals surface area contributed by atoms with Gasteiger partial charge in [0, 0.05) is 6.54 Å². The largest absolute Gasteiger partial charge is 0.497 e. The third kappa shape index (κ3) is 3.93. The molecule has 0 aliphatic carbocycles. The number of nitrogens with zero attached hydrogens (tertiary/aromatic N) is 2. The highest BCUT2D eigenvalue weighted by atomic mass is 16.5. The quantitative estimate of drug-likeness (QED) is 0.403. The summed E-state index contributed by atoms with van der Waals surface area (Å²) in [7, 11) is 1.59. The van der Waals surface area contributed by atoms with Crippen molar-refractivity contribution >= 4 is 28.8 Å². The molecule has 0 fully saturated rings. The molecule has 0 unspecified atom stereocenters. The summed E-state index contributed by atoms with van der Waals surface area (Å²) < 4.78 is 5.11. The zero-order valence-corrected chi connectivity index (χ0v) is 15.5. The Labute approximate surface area is 165 Å². The summed E-state index contributed by atoms with van der Waals surface area (Å²) >= 11 is 0. The molecule has 0 saturated heterocycles. The van der Waals surface area contributed by atoms with Gasteiger partial charge in [-0.2, -0.15) is 0 Å². The van der Waals surface area contributed by atoms with E-state index in [1.54, 1.807) is 7.11 Å². The molecule has 9 heteroatoms. The Morgan fingerprint density at radius 2 is 1.86 bits per heavy atom. The maximum Gasteiger partial charge on any atom is 0.276 e. The van der Waals surface area contributed by atoms with Crippen LogP contribution >= 0.6 is 0 Å². The minimum Gasteiger partial charge on any atom is -0.497 e. The summed E-state index contributed by atoms with van der Waals surface area (Å²) in [5.74, 6) is 0.0419. The van der Waals surface area contributed by atoms with Crippen LogP contribution in [0.4, 0.5) is 5.95 Å². The van der Waals surface area contributed by atoms with Crippen molar-refractivity contribution in [2.24, 2.45) is 0 Å². The van der Waals surface area contributed by atoms with E-state index in [4.69, 9.17) is 4.74 Å². The van der Waals surface area contributed by atoms with Crippen LogP contribution in [0, 0.1) is 0 Å². The smallest absolute Gasteiger partial charge is 0.276 e. The Hall–Kier alpha value is -4.14. The van der Waals surface area contributed by atoms with Crippen molar-refractivity contribution in [3.8, 4) is 5.75 Å². The van der Waals surface area contributed by atoms with Crippen LogP contribution in [0.2, 0.25) is 0 Å². The summed E-state index contributed by atoms with van der Waals surface area (Å²) in [6, 6.07) is 14.7. The molecule has 146 valence electrons. The Kier molecular flexibility index (Phi) is 4.93. The van der Waals surface area contributed by atoms with E-state index < -0.39 is 11.8 Å². The highest BCUT2D eigenvalue weighted by molar-refractivity contribution is 6.09. The Morgan fingerprint density at radius 1 is 1.07 bits per heavy atom. The van der Waals surface area contributed by atoms with E-state index >= 15 is 0 Å². The van der Waals surface area contributed by atoms with E-state index in [9.17, 15) is 9.59 Å². The van der Waals surface area contributed by atoms with Crippen molar-refractivity contribution in [3.05, 3.63) is 71.8 Å². The molecule has 2 amide bonds. The first kappa shape index (κ1) is 18.2. The van der Waals surface area contributed by atoms with Crippen molar-refractivity contribution in [2.45, 2.75) is 6.54 Å². The SMILES string of the molecule is COc1ccc(CNC(=O)c2nc[nH]c2C(=O)Nc2nc3ccccc3[nH]2)cc1. The summed E-state index contributed by atoms with van der Waals surface area (Å²) in [4.78, 5) is 39.1. The van der Waals surface area contributed by atoms with Crippen molar-refractivity contribution < 1.29 is 14.3 Å². The molecular formula is C20H18N6O3. The van der Waals surface area contributed by atoms with Crippen LogP contribution < -0.4 is 15.4 Å². The first-order valence-electron chi connectivity index (χ1n) is 8.84. The zero-order valence-electron chi connectivity index (χ0n) is 15.5. The van der Waals surface area contributed by atoms with Gasteiger partial charge in [-0.3, -0.25) is 14.9 Å². The lowest BCUT2D eigenvalue weighted by atomic mass is 10.2. The van der Waals surface area contributed by atoms with E-state index in [-0.39, 0.29) is 17.3 Å². The van der Waals surface area contributed by atoms with Crippen LogP contribution in [-0.2, 0) is 6.54 Å². The first-order chi connectivity index (χ1) is 14.1. The molecule has 0 spiro atoms. The third-order valence-electron chi connectivity index (χ3n) is 4.31. The summed E-state index contributed by atoms with van der Waals surface area (Å²) in [6.45, 7) is 0.292. The van der Waals surface area contributed by atoms with Crippen LogP contribution in [0.15, 0.2) is 54.9 Å². The number of benzene rings is 2. The van der Waals surface area contributed by atoms with Gasteiger partial charge in [-0.1, -0.05) is 24.3 Å². The topological polar surface area (TPSA) is 125 Å². The second-order valence-corrected chi connectivity index (χ2v) is 6.21. The number of amides is 2. The molecule has 0 atom stereocenters. The number of H-pyrrole nitrogens is 2. The molecule has 2 heterocycles. The van der Waals surface area contributed by atoms with Gasteiger partial charge < -0.3 is 20.0 Å². The van der Waals surface area contributed by atoms with Crippen molar-refractivity contribution in [3.63, 3.8) is 0 Å².